The number of aliphatic imine (C=N–C) groups is 1. The first kappa shape index (κ1) is 19.3. The number of rotatable bonds is 6. The van der Waals surface area contributed by atoms with E-state index in [-0.39, 0.29) is 0 Å². The second-order valence-corrected chi connectivity index (χ2v) is 7.44. The van der Waals surface area contributed by atoms with Gasteiger partial charge in [0.25, 0.3) is 0 Å². The third-order valence-corrected chi connectivity index (χ3v) is 5.39. The van der Waals surface area contributed by atoms with E-state index in [0.29, 0.717) is 0 Å². The lowest BCUT2D eigenvalue weighted by Gasteiger charge is -2.10. The molecule has 0 radical (unpaired) electrons. The van der Waals surface area contributed by atoms with Crippen LogP contribution in [0.2, 0.25) is 5.02 Å². The van der Waals surface area contributed by atoms with Crippen LogP contribution in [0.3, 0.4) is 0 Å². The van der Waals surface area contributed by atoms with Gasteiger partial charge in [-0.1, -0.05) is 48.0 Å². The molecule has 0 saturated heterocycles. The maximum atomic E-state index is 6.15. The van der Waals surface area contributed by atoms with Gasteiger partial charge in [-0.25, -0.2) is 0 Å². The molecular weight excluding hydrogens is 380 g/mol. The van der Waals surface area contributed by atoms with Crippen molar-refractivity contribution in [1.82, 2.24) is 4.98 Å². The summed E-state index contributed by atoms with van der Waals surface area (Å²) in [5.41, 5.74) is 6.70. The third-order valence-electron chi connectivity index (χ3n) is 5.16. The number of halogens is 1. The summed E-state index contributed by atoms with van der Waals surface area (Å²) in [5, 5.41) is 1.93. The number of aromatic amines is 1. The van der Waals surface area contributed by atoms with E-state index in [9.17, 15) is 0 Å². The fraction of sp³-hybridized carbons (Fsp3) is 0.160. The Kier molecular flexibility index (Phi) is 5.68. The van der Waals surface area contributed by atoms with Gasteiger partial charge in [0.15, 0.2) is 0 Å². The molecule has 0 saturated carbocycles. The maximum absolute atomic E-state index is 6.15. The number of nitrogens with one attached hydrogen (secondary N) is 1. The van der Waals surface area contributed by atoms with Gasteiger partial charge in [-0.3, -0.25) is 4.99 Å². The molecule has 4 aromatic rings. The molecule has 146 valence electrons. The van der Waals surface area contributed by atoms with Gasteiger partial charge in [0.05, 0.1) is 7.11 Å². The SMILES string of the molecule is COc1ccccc1-c1cccc(C(C)=NCCc2c[nH]c3ccc(Cl)cc23)c1. The van der Waals surface area contributed by atoms with E-state index in [1.807, 2.05) is 42.6 Å². The van der Waals surface area contributed by atoms with E-state index in [4.69, 9.17) is 21.3 Å². The van der Waals surface area contributed by atoms with Crippen molar-refractivity contribution in [2.45, 2.75) is 13.3 Å². The Bertz CT molecular complexity index is 1180. The minimum atomic E-state index is 0.726. The second kappa shape index (κ2) is 8.54. The predicted molar refractivity (Wildman–Crippen MR) is 123 cm³/mol. The number of nitrogens with zero attached hydrogens (tertiary/aromatic N) is 1. The van der Waals surface area contributed by atoms with Gasteiger partial charge in [-0.15, -0.1) is 0 Å². The third kappa shape index (κ3) is 4.20. The molecule has 1 aromatic heterocycles. The smallest absolute Gasteiger partial charge is 0.126 e. The number of fused-ring (bicyclic) bond motifs is 1. The highest BCUT2D eigenvalue weighted by Gasteiger charge is 2.07. The van der Waals surface area contributed by atoms with E-state index in [0.717, 1.165) is 51.7 Å². The highest BCUT2D eigenvalue weighted by Crippen LogP contribution is 2.30. The molecule has 29 heavy (non-hydrogen) atoms. The molecule has 0 spiro atoms. The van der Waals surface area contributed by atoms with E-state index < -0.39 is 0 Å². The van der Waals surface area contributed by atoms with Crippen molar-refractivity contribution in [2.75, 3.05) is 13.7 Å². The van der Waals surface area contributed by atoms with Crippen LogP contribution in [0, 0.1) is 0 Å². The van der Waals surface area contributed by atoms with Crippen LogP contribution in [0.4, 0.5) is 0 Å². The zero-order valence-corrected chi connectivity index (χ0v) is 17.3. The van der Waals surface area contributed by atoms with E-state index in [1.54, 1.807) is 7.11 Å². The summed E-state index contributed by atoms with van der Waals surface area (Å²) in [6.07, 6.45) is 2.91. The standard InChI is InChI=1S/C25H23ClN2O/c1-17(27-13-12-20-16-28-24-11-10-21(26)15-23(20)24)18-6-5-7-19(14-18)22-8-3-4-9-25(22)29-2/h3-11,14-16,28H,12-13H2,1-2H3. The van der Waals surface area contributed by atoms with Crippen molar-refractivity contribution >= 4 is 28.2 Å². The minimum Gasteiger partial charge on any atom is -0.496 e. The monoisotopic (exact) mass is 402 g/mol. The van der Waals surface area contributed by atoms with Crippen molar-refractivity contribution in [1.29, 1.82) is 0 Å². The molecule has 0 bridgehead atoms. The van der Waals surface area contributed by atoms with Gasteiger partial charge in [0.1, 0.15) is 5.75 Å². The zero-order valence-electron chi connectivity index (χ0n) is 16.6. The van der Waals surface area contributed by atoms with E-state index >= 15 is 0 Å². The Labute approximate surface area is 176 Å². The van der Waals surface area contributed by atoms with Gasteiger partial charge in [0, 0.05) is 39.9 Å². The summed E-state index contributed by atoms with van der Waals surface area (Å²) in [5.74, 6) is 0.872. The molecule has 0 aliphatic rings. The van der Waals surface area contributed by atoms with Crippen LogP contribution in [0.15, 0.2) is 77.9 Å². The number of hydrogen-bond donors (Lipinski definition) is 1. The number of H-pyrrole nitrogens is 1. The molecular formula is C25H23ClN2O. The van der Waals surface area contributed by atoms with Gasteiger partial charge >= 0.3 is 0 Å². The summed E-state index contributed by atoms with van der Waals surface area (Å²) in [6.45, 7) is 2.79. The Morgan fingerprint density at radius 1 is 1.03 bits per heavy atom. The fourth-order valence-electron chi connectivity index (χ4n) is 3.59. The van der Waals surface area contributed by atoms with Crippen LogP contribution in [-0.4, -0.2) is 24.4 Å². The summed E-state index contributed by atoms with van der Waals surface area (Å²) >= 11 is 6.15. The molecule has 4 rings (SSSR count). The van der Waals surface area contributed by atoms with Gasteiger partial charge < -0.3 is 9.72 Å². The minimum absolute atomic E-state index is 0.726. The lowest BCUT2D eigenvalue weighted by Crippen LogP contribution is -1.99. The molecule has 0 aliphatic heterocycles. The highest BCUT2D eigenvalue weighted by molar-refractivity contribution is 6.31. The molecule has 1 N–H and O–H groups in total. The predicted octanol–water partition coefficient (Wildman–Crippen LogP) is 6.55. The lowest BCUT2D eigenvalue weighted by atomic mass is 10.0. The molecule has 0 unspecified atom stereocenters. The topological polar surface area (TPSA) is 37.4 Å². The first-order chi connectivity index (χ1) is 14.2. The zero-order chi connectivity index (χ0) is 20.2. The van der Waals surface area contributed by atoms with Gasteiger partial charge in [0.2, 0.25) is 0 Å². The quantitative estimate of drug-likeness (QED) is 0.365. The highest BCUT2D eigenvalue weighted by atomic mass is 35.5. The molecule has 0 amide bonds. The molecule has 1 heterocycles. The van der Waals surface area contributed by atoms with Crippen LogP contribution >= 0.6 is 11.6 Å². The van der Waals surface area contributed by atoms with Crippen LogP contribution in [0.1, 0.15) is 18.1 Å². The molecule has 3 aromatic carbocycles. The Hall–Kier alpha value is -3.04. The maximum Gasteiger partial charge on any atom is 0.126 e. The Morgan fingerprint density at radius 3 is 2.76 bits per heavy atom. The molecule has 3 nitrogen and oxygen atoms in total. The number of benzene rings is 3. The van der Waals surface area contributed by atoms with Crippen LogP contribution < -0.4 is 4.74 Å². The van der Waals surface area contributed by atoms with Crippen molar-refractivity contribution < 1.29 is 4.74 Å². The normalized spacial score (nSPS) is 11.8. The first-order valence-corrected chi connectivity index (χ1v) is 10.0. The largest absolute Gasteiger partial charge is 0.496 e. The van der Waals surface area contributed by atoms with Crippen molar-refractivity contribution in [3.8, 4) is 16.9 Å². The second-order valence-electron chi connectivity index (χ2n) is 7.00. The Morgan fingerprint density at radius 2 is 1.90 bits per heavy atom. The van der Waals surface area contributed by atoms with E-state index in [1.165, 1.54) is 10.9 Å². The van der Waals surface area contributed by atoms with Crippen molar-refractivity contribution in [3.63, 3.8) is 0 Å². The summed E-state index contributed by atoms with van der Waals surface area (Å²) in [4.78, 5) is 8.12. The van der Waals surface area contributed by atoms with Crippen LogP contribution in [0.25, 0.3) is 22.0 Å². The molecule has 0 aliphatic carbocycles. The average Bonchev–Trinajstić information content (AvgIpc) is 3.15. The Balaban J connectivity index is 1.52. The van der Waals surface area contributed by atoms with Crippen molar-refractivity contribution in [3.05, 3.63) is 89.1 Å². The first-order valence-electron chi connectivity index (χ1n) is 9.66. The summed E-state index contributed by atoms with van der Waals surface area (Å²) < 4.78 is 5.51. The van der Waals surface area contributed by atoms with Crippen LogP contribution in [0.5, 0.6) is 5.75 Å². The number of para-hydroxylation sites is 1. The summed E-state index contributed by atoms with van der Waals surface area (Å²) in [7, 11) is 1.70. The van der Waals surface area contributed by atoms with E-state index in [2.05, 4.69) is 42.2 Å². The van der Waals surface area contributed by atoms with Gasteiger partial charge in [-0.05, 0) is 60.4 Å². The van der Waals surface area contributed by atoms with Crippen LogP contribution in [-0.2, 0) is 6.42 Å². The molecule has 4 heteroatoms. The lowest BCUT2D eigenvalue weighted by molar-refractivity contribution is 0.416. The number of aromatic nitrogens is 1. The summed E-state index contributed by atoms with van der Waals surface area (Å²) in [6, 6.07) is 22.4. The molecule has 0 atom stereocenters. The number of methoxy groups -OCH3 is 1. The fourth-order valence-corrected chi connectivity index (χ4v) is 3.76. The van der Waals surface area contributed by atoms with Gasteiger partial charge in [-0.2, -0.15) is 0 Å². The average molecular weight is 403 g/mol. The number of ether oxygens (including phenoxy) is 1. The molecule has 0 fully saturated rings. The van der Waals surface area contributed by atoms with Crippen molar-refractivity contribution in [2.24, 2.45) is 4.99 Å². The number of hydrogen-bond acceptors (Lipinski definition) is 2.